The summed E-state index contributed by atoms with van der Waals surface area (Å²) in [6.45, 7) is 2.40. The predicted molar refractivity (Wildman–Crippen MR) is 84.3 cm³/mol. The Balaban J connectivity index is 1.90. The van der Waals surface area contributed by atoms with Gasteiger partial charge in [0.15, 0.2) is 5.78 Å². The molecule has 0 amide bonds. The first-order valence-electron chi connectivity index (χ1n) is 7.09. The molecular weight excluding hydrogens is 262 g/mol. The van der Waals surface area contributed by atoms with E-state index in [1.165, 1.54) is 0 Å². The Kier molecular flexibility index (Phi) is 5.71. The van der Waals surface area contributed by atoms with Gasteiger partial charge in [0.2, 0.25) is 0 Å². The highest BCUT2D eigenvalue weighted by Gasteiger charge is 2.09. The Morgan fingerprint density at radius 2 is 1.62 bits per heavy atom. The molecule has 0 saturated carbocycles. The molecule has 3 heteroatoms. The third kappa shape index (κ3) is 4.88. The van der Waals surface area contributed by atoms with Crippen LogP contribution in [0.5, 0.6) is 0 Å². The van der Waals surface area contributed by atoms with Crippen molar-refractivity contribution in [3.63, 3.8) is 0 Å². The molecular formula is C18H19NO2. The first-order chi connectivity index (χ1) is 10.3. The molecule has 0 bridgehead atoms. The molecule has 0 radical (unpaired) electrons. The molecule has 0 N–H and O–H groups in total. The minimum absolute atomic E-state index is 0.0690. The smallest absolute Gasteiger partial charge is 0.168 e. The van der Waals surface area contributed by atoms with Gasteiger partial charge in [-0.2, -0.15) is 0 Å². The fourth-order valence-electron chi connectivity index (χ4n) is 1.91. The molecule has 0 atom stereocenters. The summed E-state index contributed by atoms with van der Waals surface area (Å²) in [6, 6.07) is 19.1. The van der Waals surface area contributed by atoms with Crippen molar-refractivity contribution in [3.8, 4) is 0 Å². The topological polar surface area (TPSA) is 38.7 Å². The van der Waals surface area contributed by atoms with Gasteiger partial charge in [-0.25, -0.2) is 0 Å². The first-order valence-corrected chi connectivity index (χ1v) is 7.09. The molecule has 0 aliphatic rings. The molecule has 0 fully saturated rings. The molecule has 0 aliphatic carbocycles. The van der Waals surface area contributed by atoms with Crippen LogP contribution in [0.25, 0.3) is 0 Å². The maximum Gasteiger partial charge on any atom is 0.168 e. The number of nitrogens with zero attached hydrogens (tertiary/aromatic N) is 1. The summed E-state index contributed by atoms with van der Waals surface area (Å²) >= 11 is 0. The normalized spacial score (nSPS) is 11.2. The zero-order valence-corrected chi connectivity index (χ0v) is 12.2. The summed E-state index contributed by atoms with van der Waals surface area (Å²) in [5.41, 5.74) is 2.53. The SMILES string of the molecule is CC/C(CC(=O)c1ccccc1)=N\OCc1ccccc1. The highest BCUT2D eigenvalue weighted by molar-refractivity contribution is 6.09. The van der Waals surface area contributed by atoms with Crippen LogP contribution in [-0.2, 0) is 11.4 Å². The number of carbonyl (C=O) groups excluding carboxylic acids is 1. The molecule has 0 spiro atoms. The highest BCUT2D eigenvalue weighted by atomic mass is 16.6. The van der Waals surface area contributed by atoms with Gasteiger partial charge in [-0.3, -0.25) is 4.79 Å². The van der Waals surface area contributed by atoms with E-state index in [-0.39, 0.29) is 5.78 Å². The number of carbonyl (C=O) groups is 1. The lowest BCUT2D eigenvalue weighted by Crippen LogP contribution is -2.08. The fraction of sp³-hybridized carbons (Fsp3) is 0.222. The number of rotatable bonds is 7. The van der Waals surface area contributed by atoms with E-state index in [9.17, 15) is 4.79 Å². The fourth-order valence-corrected chi connectivity index (χ4v) is 1.91. The van der Waals surface area contributed by atoms with E-state index >= 15 is 0 Å². The van der Waals surface area contributed by atoms with Crippen molar-refractivity contribution in [1.29, 1.82) is 0 Å². The molecule has 2 rings (SSSR count). The van der Waals surface area contributed by atoms with Crippen LogP contribution in [0.1, 0.15) is 35.7 Å². The zero-order valence-electron chi connectivity index (χ0n) is 12.2. The maximum absolute atomic E-state index is 12.1. The Labute approximate surface area is 125 Å². The number of oxime groups is 1. The quantitative estimate of drug-likeness (QED) is 0.432. The van der Waals surface area contributed by atoms with Gasteiger partial charge in [-0.1, -0.05) is 72.7 Å². The van der Waals surface area contributed by atoms with Crippen molar-refractivity contribution < 1.29 is 9.63 Å². The lowest BCUT2D eigenvalue weighted by molar-refractivity contribution is 0.0993. The van der Waals surface area contributed by atoms with E-state index in [0.717, 1.165) is 11.3 Å². The van der Waals surface area contributed by atoms with Crippen LogP contribution in [0, 0.1) is 0 Å². The van der Waals surface area contributed by atoms with E-state index in [1.54, 1.807) is 0 Å². The van der Waals surface area contributed by atoms with Gasteiger partial charge in [0.05, 0.1) is 12.1 Å². The number of benzene rings is 2. The van der Waals surface area contributed by atoms with Crippen molar-refractivity contribution >= 4 is 11.5 Å². The number of hydrogen-bond acceptors (Lipinski definition) is 3. The van der Waals surface area contributed by atoms with Gasteiger partial charge in [0.1, 0.15) is 6.61 Å². The van der Waals surface area contributed by atoms with Crippen LogP contribution < -0.4 is 0 Å². The van der Waals surface area contributed by atoms with Crippen molar-refractivity contribution in [2.75, 3.05) is 0 Å². The van der Waals surface area contributed by atoms with Crippen LogP contribution in [-0.4, -0.2) is 11.5 Å². The maximum atomic E-state index is 12.1. The predicted octanol–water partition coefficient (Wildman–Crippen LogP) is 4.24. The largest absolute Gasteiger partial charge is 0.391 e. The Morgan fingerprint density at radius 1 is 1.00 bits per heavy atom. The molecule has 2 aromatic rings. The molecule has 0 aromatic heterocycles. The number of hydrogen-bond donors (Lipinski definition) is 0. The monoisotopic (exact) mass is 281 g/mol. The molecule has 108 valence electrons. The highest BCUT2D eigenvalue weighted by Crippen LogP contribution is 2.07. The lowest BCUT2D eigenvalue weighted by atomic mass is 10.0. The summed E-state index contributed by atoms with van der Waals surface area (Å²) in [4.78, 5) is 17.5. The third-order valence-electron chi connectivity index (χ3n) is 3.14. The molecule has 0 saturated heterocycles. The summed E-state index contributed by atoms with van der Waals surface area (Å²) in [5, 5.41) is 4.10. The van der Waals surface area contributed by atoms with E-state index in [2.05, 4.69) is 5.16 Å². The Bertz CT molecular complexity index is 591. The molecule has 21 heavy (non-hydrogen) atoms. The van der Waals surface area contributed by atoms with Gasteiger partial charge in [-0.05, 0) is 12.0 Å². The van der Waals surface area contributed by atoms with Crippen molar-refractivity contribution in [3.05, 3.63) is 71.8 Å². The second-order valence-electron chi connectivity index (χ2n) is 4.74. The lowest BCUT2D eigenvalue weighted by Gasteiger charge is -2.05. The summed E-state index contributed by atoms with van der Waals surface area (Å²) in [6.07, 6.45) is 1.00. The molecule has 0 aliphatic heterocycles. The van der Waals surface area contributed by atoms with Crippen LogP contribution in [0.3, 0.4) is 0 Å². The molecule has 3 nitrogen and oxygen atoms in total. The average Bonchev–Trinajstić information content (AvgIpc) is 2.55. The van der Waals surface area contributed by atoms with E-state index < -0.39 is 0 Å². The van der Waals surface area contributed by atoms with Crippen LogP contribution in [0.15, 0.2) is 65.8 Å². The number of Topliss-reactive ketones (excluding diaryl/α,β-unsaturated/α-hetero) is 1. The van der Waals surface area contributed by atoms with Gasteiger partial charge < -0.3 is 4.84 Å². The van der Waals surface area contributed by atoms with Gasteiger partial charge >= 0.3 is 0 Å². The minimum Gasteiger partial charge on any atom is -0.391 e. The van der Waals surface area contributed by atoms with Gasteiger partial charge in [-0.15, -0.1) is 0 Å². The summed E-state index contributed by atoms with van der Waals surface area (Å²) in [5.74, 6) is 0.0690. The van der Waals surface area contributed by atoms with Gasteiger partial charge in [0, 0.05) is 5.56 Å². The standard InChI is InChI=1S/C18H19NO2/c1-2-17(13-18(20)16-11-7-4-8-12-16)19-21-14-15-9-5-3-6-10-15/h3-12H,2,13-14H2,1H3/b19-17+. The van der Waals surface area contributed by atoms with Crippen LogP contribution >= 0.6 is 0 Å². The van der Waals surface area contributed by atoms with E-state index in [1.807, 2.05) is 67.6 Å². The van der Waals surface area contributed by atoms with Gasteiger partial charge in [0.25, 0.3) is 0 Å². The Morgan fingerprint density at radius 3 is 2.24 bits per heavy atom. The molecule has 0 unspecified atom stereocenters. The van der Waals surface area contributed by atoms with Crippen molar-refractivity contribution in [2.45, 2.75) is 26.4 Å². The third-order valence-corrected chi connectivity index (χ3v) is 3.14. The second kappa shape index (κ2) is 8.00. The molecule has 0 heterocycles. The average molecular weight is 281 g/mol. The van der Waals surface area contributed by atoms with E-state index in [4.69, 9.17) is 4.84 Å². The van der Waals surface area contributed by atoms with Crippen LogP contribution in [0.2, 0.25) is 0 Å². The Hall–Kier alpha value is -2.42. The van der Waals surface area contributed by atoms with Crippen molar-refractivity contribution in [2.24, 2.45) is 5.16 Å². The second-order valence-corrected chi connectivity index (χ2v) is 4.74. The van der Waals surface area contributed by atoms with Crippen LogP contribution in [0.4, 0.5) is 0 Å². The zero-order chi connectivity index (χ0) is 14.9. The number of ketones is 1. The van der Waals surface area contributed by atoms with E-state index in [0.29, 0.717) is 25.0 Å². The minimum atomic E-state index is 0.0690. The molecule has 2 aromatic carbocycles. The summed E-state index contributed by atoms with van der Waals surface area (Å²) in [7, 11) is 0. The van der Waals surface area contributed by atoms with Crippen molar-refractivity contribution in [1.82, 2.24) is 0 Å². The first kappa shape index (κ1) is 15.0. The summed E-state index contributed by atoms with van der Waals surface area (Å²) < 4.78 is 0.